The number of ether oxygens (including phenoxy) is 3. The van der Waals surface area contributed by atoms with Crippen LogP contribution in [0, 0.1) is 7.14 Å². The second-order valence-corrected chi connectivity index (χ2v) is 6.50. The van der Waals surface area contributed by atoms with Gasteiger partial charge in [-0.2, -0.15) is 8.78 Å². The molecule has 1 aromatic carbocycles. The average Bonchev–Trinajstić information content (AvgIpc) is 2.37. The van der Waals surface area contributed by atoms with Crippen LogP contribution in [-0.2, 0) is 20.9 Å². The first kappa shape index (κ1) is 18.8. The summed E-state index contributed by atoms with van der Waals surface area (Å²) < 4.78 is 42.5. The van der Waals surface area contributed by atoms with E-state index in [0.717, 1.165) is 7.14 Å². The molecule has 0 N–H and O–H groups in total. The van der Waals surface area contributed by atoms with Gasteiger partial charge in [0, 0.05) is 22.7 Å². The Kier molecular flexibility index (Phi) is 7.54. The lowest BCUT2D eigenvalue weighted by molar-refractivity contribution is -0.170. The van der Waals surface area contributed by atoms with Gasteiger partial charge in [-0.05, 0) is 64.2 Å². The first-order chi connectivity index (χ1) is 9.75. The van der Waals surface area contributed by atoms with Crippen LogP contribution >= 0.6 is 45.2 Å². The van der Waals surface area contributed by atoms with Gasteiger partial charge in [0.05, 0.1) is 3.57 Å². The summed E-state index contributed by atoms with van der Waals surface area (Å²) in [5, 5.41) is 0. The van der Waals surface area contributed by atoms with Gasteiger partial charge in [0.15, 0.2) is 6.79 Å². The van der Waals surface area contributed by atoms with E-state index in [1.807, 2.05) is 13.0 Å². The molecule has 0 aromatic heterocycles. The van der Waals surface area contributed by atoms with E-state index in [1.165, 1.54) is 0 Å². The Labute approximate surface area is 148 Å². The number of halogens is 4. The largest absolute Gasteiger partial charge is 0.466 e. The molecular formula is C13H14F2I2O4. The topological polar surface area (TPSA) is 44.8 Å². The highest BCUT2D eigenvalue weighted by molar-refractivity contribution is 14.1. The van der Waals surface area contributed by atoms with Crippen LogP contribution in [0.4, 0.5) is 8.78 Å². The summed E-state index contributed by atoms with van der Waals surface area (Å²) in [7, 11) is 0. The molecule has 1 aromatic rings. The van der Waals surface area contributed by atoms with Crippen LogP contribution in [0.3, 0.4) is 0 Å². The van der Waals surface area contributed by atoms with Crippen molar-refractivity contribution >= 4 is 51.2 Å². The molecule has 4 nitrogen and oxygen atoms in total. The lowest BCUT2D eigenvalue weighted by Gasteiger charge is -2.15. The maximum atomic E-state index is 12.8. The summed E-state index contributed by atoms with van der Waals surface area (Å²) >= 11 is 4.15. The lowest BCUT2D eigenvalue weighted by atomic mass is 10.2. The molecule has 0 bridgehead atoms. The molecule has 21 heavy (non-hydrogen) atoms. The SMILES string of the molecule is CCOCOc1c(I)cc(I)cc1COC(=O)C(C)(F)F. The molecule has 0 radical (unpaired) electrons. The highest BCUT2D eigenvalue weighted by Gasteiger charge is 2.34. The average molecular weight is 526 g/mol. The smallest absolute Gasteiger partial charge is 0.377 e. The standard InChI is InChI=1S/C13H14F2I2O4/c1-3-19-7-21-11-8(4-9(16)5-10(11)17)6-20-12(18)13(2,14)15/h4-5H,3,6-7H2,1-2H3. The monoisotopic (exact) mass is 526 g/mol. The van der Waals surface area contributed by atoms with Crippen LogP contribution in [-0.4, -0.2) is 25.3 Å². The van der Waals surface area contributed by atoms with Crippen LogP contribution in [0.5, 0.6) is 5.75 Å². The maximum absolute atomic E-state index is 12.8. The summed E-state index contributed by atoms with van der Waals surface area (Å²) in [5.74, 6) is -4.61. The van der Waals surface area contributed by atoms with Crippen LogP contribution in [0.15, 0.2) is 12.1 Å². The maximum Gasteiger partial charge on any atom is 0.377 e. The molecule has 0 aliphatic rings. The van der Waals surface area contributed by atoms with Crippen molar-refractivity contribution < 1.29 is 27.8 Å². The first-order valence-corrected chi connectivity index (χ1v) is 8.15. The van der Waals surface area contributed by atoms with Gasteiger partial charge in [0.25, 0.3) is 0 Å². The molecule has 0 saturated carbocycles. The zero-order valence-electron chi connectivity index (χ0n) is 11.4. The van der Waals surface area contributed by atoms with E-state index < -0.39 is 11.9 Å². The van der Waals surface area contributed by atoms with Crippen molar-refractivity contribution in [3.8, 4) is 5.75 Å². The zero-order valence-corrected chi connectivity index (χ0v) is 15.7. The van der Waals surface area contributed by atoms with Crippen molar-refractivity contribution in [2.24, 2.45) is 0 Å². The molecule has 0 spiro atoms. The van der Waals surface area contributed by atoms with Crippen molar-refractivity contribution in [1.82, 2.24) is 0 Å². The highest BCUT2D eigenvalue weighted by atomic mass is 127. The molecule has 0 unspecified atom stereocenters. The second-order valence-electron chi connectivity index (χ2n) is 4.10. The fourth-order valence-electron chi connectivity index (χ4n) is 1.34. The number of rotatable bonds is 7. The molecule has 8 heteroatoms. The van der Waals surface area contributed by atoms with Crippen LogP contribution < -0.4 is 4.74 Å². The number of hydrogen-bond donors (Lipinski definition) is 0. The molecule has 0 atom stereocenters. The summed E-state index contributed by atoms with van der Waals surface area (Å²) in [6.07, 6.45) is 0. The molecule has 118 valence electrons. The van der Waals surface area contributed by atoms with E-state index in [1.54, 1.807) is 6.07 Å². The molecule has 1 rings (SSSR count). The Morgan fingerprint density at radius 2 is 2.00 bits per heavy atom. The van der Waals surface area contributed by atoms with Gasteiger partial charge in [-0.3, -0.25) is 0 Å². The van der Waals surface area contributed by atoms with E-state index in [2.05, 4.69) is 49.9 Å². The summed E-state index contributed by atoms with van der Waals surface area (Å²) in [4.78, 5) is 11.1. The Morgan fingerprint density at radius 1 is 1.33 bits per heavy atom. The van der Waals surface area contributed by atoms with Gasteiger partial charge in [-0.1, -0.05) is 0 Å². The second kappa shape index (κ2) is 8.42. The van der Waals surface area contributed by atoms with E-state index >= 15 is 0 Å². The van der Waals surface area contributed by atoms with Crippen LogP contribution in [0.2, 0.25) is 0 Å². The first-order valence-electron chi connectivity index (χ1n) is 5.99. The van der Waals surface area contributed by atoms with Gasteiger partial charge in [-0.25, -0.2) is 4.79 Å². The molecule has 0 aliphatic heterocycles. The summed E-state index contributed by atoms with van der Waals surface area (Å²) in [6, 6.07) is 3.58. The van der Waals surface area contributed by atoms with Crippen LogP contribution in [0.1, 0.15) is 19.4 Å². The summed E-state index contributed by atoms with van der Waals surface area (Å²) in [5.41, 5.74) is 0.517. The molecule has 0 fully saturated rings. The van der Waals surface area contributed by atoms with Gasteiger partial charge in [-0.15, -0.1) is 0 Å². The number of carbonyl (C=O) groups excluding carboxylic acids is 1. The van der Waals surface area contributed by atoms with E-state index in [9.17, 15) is 13.6 Å². The third-order valence-corrected chi connectivity index (χ3v) is 3.72. The highest BCUT2D eigenvalue weighted by Crippen LogP contribution is 2.29. The molecule has 0 aliphatic carbocycles. The fraction of sp³-hybridized carbons (Fsp3) is 0.462. The molecule has 0 heterocycles. The van der Waals surface area contributed by atoms with Gasteiger partial charge in [0.1, 0.15) is 12.4 Å². The van der Waals surface area contributed by atoms with Gasteiger partial charge in [0.2, 0.25) is 0 Å². The molecular weight excluding hydrogens is 512 g/mol. The zero-order chi connectivity index (χ0) is 16.0. The van der Waals surface area contributed by atoms with Crippen molar-refractivity contribution in [3.63, 3.8) is 0 Å². The number of alkyl halides is 2. The normalized spacial score (nSPS) is 11.3. The lowest BCUT2D eigenvalue weighted by Crippen LogP contribution is -2.26. The number of benzene rings is 1. The minimum Gasteiger partial charge on any atom is -0.466 e. The van der Waals surface area contributed by atoms with Crippen LogP contribution in [0.25, 0.3) is 0 Å². The van der Waals surface area contributed by atoms with E-state index in [4.69, 9.17) is 9.47 Å². The van der Waals surface area contributed by atoms with Crippen molar-refractivity contribution in [1.29, 1.82) is 0 Å². The van der Waals surface area contributed by atoms with E-state index in [0.29, 0.717) is 24.8 Å². The quantitative estimate of drug-likeness (QED) is 0.234. The minimum atomic E-state index is -3.51. The van der Waals surface area contributed by atoms with Crippen molar-refractivity contribution in [2.75, 3.05) is 13.4 Å². The van der Waals surface area contributed by atoms with E-state index in [-0.39, 0.29) is 13.4 Å². The third-order valence-electron chi connectivity index (χ3n) is 2.29. The Bertz CT molecular complexity index is 504. The Morgan fingerprint density at radius 3 is 2.57 bits per heavy atom. The van der Waals surface area contributed by atoms with Crippen molar-refractivity contribution in [2.45, 2.75) is 26.4 Å². The Hall–Kier alpha value is -0.230. The van der Waals surface area contributed by atoms with Gasteiger partial charge < -0.3 is 14.2 Å². The minimum absolute atomic E-state index is 0.0397. The predicted octanol–water partition coefficient (Wildman–Crippen LogP) is 3.97. The van der Waals surface area contributed by atoms with Crippen molar-refractivity contribution in [3.05, 3.63) is 24.8 Å². The Balaban J connectivity index is 2.86. The predicted molar refractivity (Wildman–Crippen MR) is 89.4 cm³/mol. The molecule has 0 saturated heterocycles. The fourth-order valence-corrected chi connectivity index (χ4v) is 3.46. The number of carbonyl (C=O) groups is 1. The number of hydrogen-bond acceptors (Lipinski definition) is 4. The number of esters is 1. The molecule has 0 amide bonds. The van der Waals surface area contributed by atoms with Gasteiger partial charge >= 0.3 is 11.9 Å². The summed E-state index contributed by atoms with van der Waals surface area (Å²) in [6.45, 7) is 2.58. The third kappa shape index (κ3) is 6.19.